The third-order valence-corrected chi connectivity index (χ3v) is 6.91. The third kappa shape index (κ3) is 5.31. The lowest BCUT2D eigenvalue weighted by Gasteiger charge is -2.34. The summed E-state index contributed by atoms with van der Waals surface area (Å²) in [5.41, 5.74) is -1.36. The topological polar surface area (TPSA) is 269 Å². The Balaban J connectivity index is 1.59. The number of hydrogen-bond acceptors (Lipinski definition) is 16. The number of aliphatic hydroxyl groups excluding tert-OH is 7. The fourth-order valence-corrected chi connectivity index (χ4v) is 4.61. The van der Waals surface area contributed by atoms with Crippen molar-refractivity contribution in [1.29, 1.82) is 0 Å². The molecule has 0 bridgehead atoms. The van der Waals surface area contributed by atoms with E-state index in [4.69, 9.17) is 23.4 Å². The molecule has 2 fully saturated rings. The first-order chi connectivity index (χ1) is 19.9. The molecule has 5 rings (SSSR count). The Labute approximate surface area is 235 Å². The van der Waals surface area contributed by atoms with E-state index in [1.807, 2.05) is 0 Å². The predicted octanol–water partition coefficient (Wildman–Crippen LogP) is -2.43. The highest BCUT2D eigenvalue weighted by atomic mass is 16.7. The van der Waals surface area contributed by atoms with Crippen molar-refractivity contribution in [2.45, 2.75) is 55.3 Å². The fraction of sp³-hybridized carbons (Fsp3) is 0.423. The Morgan fingerprint density at radius 2 is 1.57 bits per heavy atom. The zero-order valence-electron chi connectivity index (χ0n) is 21.4. The van der Waals surface area contributed by atoms with Crippen molar-refractivity contribution in [1.82, 2.24) is 0 Å². The highest BCUT2D eigenvalue weighted by Crippen LogP contribution is 2.40. The number of phenols is 3. The molecule has 16 nitrogen and oxygen atoms in total. The summed E-state index contributed by atoms with van der Waals surface area (Å²) in [6, 6.07) is 5.45. The molecule has 16 heteroatoms. The van der Waals surface area contributed by atoms with Gasteiger partial charge in [0, 0.05) is 17.7 Å². The highest BCUT2D eigenvalue weighted by molar-refractivity contribution is 5.88. The smallest absolute Gasteiger partial charge is 0.239 e. The minimum absolute atomic E-state index is 0.0340. The van der Waals surface area contributed by atoms with Gasteiger partial charge in [-0.1, -0.05) is 0 Å². The van der Waals surface area contributed by atoms with Crippen LogP contribution >= 0.6 is 0 Å². The van der Waals surface area contributed by atoms with Crippen molar-refractivity contribution in [3.8, 4) is 40.1 Å². The summed E-state index contributed by atoms with van der Waals surface area (Å²) in [6.07, 6.45) is -14.5. The molecule has 10 N–H and O–H groups in total. The molecule has 2 saturated heterocycles. The van der Waals surface area contributed by atoms with Gasteiger partial charge in [0.1, 0.15) is 65.2 Å². The van der Waals surface area contributed by atoms with Gasteiger partial charge in [-0.15, -0.1) is 0 Å². The Hall–Kier alpha value is -3.71. The maximum absolute atomic E-state index is 13.7. The summed E-state index contributed by atoms with van der Waals surface area (Å²) in [4.78, 5) is 13.7. The van der Waals surface area contributed by atoms with Gasteiger partial charge < -0.3 is 74.4 Å². The number of benzene rings is 2. The second-order valence-corrected chi connectivity index (χ2v) is 9.79. The number of fused-ring (bicyclic) bond motifs is 1. The van der Waals surface area contributed by atoms with Crippen molar-refractivity contribution in [3.63, 3.8) is 0 Å². The molecular formula is C26H28O16. The third-order valence-electron chi connectivity index (χ3n) is 6.91. The molecule has 0 unspecified atom stereocenters. The molecular weight excluding hydrogens is 568 g/mol. The van der Waals surface area contributed by atoms with E-state index in [0.717, 1.165) is 24.3 Å². The molecule has 228 valence electrons. The zero-order chi connectivity index (χ0) is 30.5. The van der Waals surface area contributed by atoms with Crippen LogP contribution in [0.4, 0.5) is 0 Å². The van der Waals surface area contributed by atoms with Crippen molar-refractivity contribution in [3.05, 3.63) is 40.6 Å². The lowest BCUT2D eigenvalue weighted by molar-refractivity contribution is -0.242. The second-order valence-electron chi connectivity index (χ2n) is 9.79. The van der Waals surface area contributed by atoms with Crippen molar-refractivity contribution in [2.75, 3.05) is 13.2 Å². The number of ether oxygens (including phenoxy) is 4. The molecule has 0 saturated carbocycles. The first kappa shape index (κ1) is 29.8. The van der Waals surface area contributed by atoms with Crippen molar-refractivity contribution >= 4 is 11.0 Å². The predicted molar refractivity (Wildman–Crippen MR) is 136 cm³/mol. The first-order valence-electron chi connectivity index (χ1n) is 12.6. The van der Waals surface area contributed by atoms with Gasteiger partial charge in [-0.05, 0) is 18.2 Å². The summed E-state index contributed by atoms with van der Waals surface area (Å²) < 4.78 is 27.5. The van der Waals surface area contributed by atoms with Crippen LogP contribution in [-0.4, -0.2) is 120 Å². The highest BCUT2D eigenvalue weighted by Gasteiger charge is 2.48. The first-order valence-corrected chi connectivity index (χ1v) is 12.6. The van der Waals surface area contributed by atoms with Crippen LogP contribution in [0.2, 0.25) is 0 Å². The SMILES string of the molecule is O=c1c(O[C@@H]2O[C@H]([C@H](O)CO)[C@H](O)[C@H]2O)c(-c2ccc(O)c(O)c2)oc2cc(O[C@@H]3OC[C@@H](O)[C@H](O)[C@H]3O)cc(O)c12. The molecule has 42 heavy (non-hydrogen) atoms. The monoisotopic (exact) mass is 596 g/mol. The Kier molecular flexibility index (Phi) is 8.17. The Morgan fingerprint density at radius 3 is 2.26 bits per heavy atom. The number of aliphatic hydroxyl groups is 7. The van der Waals surface area contributed by atoms with Gasteiger partial charge in [0.25, 0.3) is 0 Å². The van der Waals surface area contributed by atoms with Crippen LogP contribution in [0.5, 0.6) is 28.7 Å². The van der Waals surface area contributed by atoms with E-state index in [0.29, 0.717) is 0 Å². The van der Waals surface area contributed by atoms with Gasteiger partial charge in [-0.3, -0.25) is 4.79 Å². The maximum atomic E-state index is 13.7. The van der Waals surface area contributed by atoms with Gasteiger partial charge in [0.15, 0.2) is 17.3 Å². The van der Waals surface area contributed by atoms with Crippen molar-refractivity contribution < 1.29 is 74.4 Å². The average molecular weight is 596 g/mol. The van der Waals surface area contributed by atoms with E-state index < -0.39 is 101 Å². The Bertz CT molecular complexity index is 1510. The van der Waals surface area contributed by atoms with Crippen LogP contribution in [-0.2, 0) is 9.47 Å². The van der Waals surface area contributed by atoms with Gasteiger partial charge in [-0.2, -0.15) is 0 Å². The van der Waals surface area contributed by atoms with E-state index in [1.165, 1.54) is 6.07 Å². The molecule has 2 aromatic carbocycles. The zero-order valence-corrected chi connectivity index (χ0v) is 21.4. The van der Waals surface area contributed by atoms with Gasteiger partial charge in [0.05, 0.1) is 13.2 Å². The lowest BCUT2D eigenvalue weighted by Crippen LogP contribution is -2.54. The quantitative estimate of drug-likeness (QED) is 0.127. The van der Waals surface area contributed by atoms with E-state index >= 15 is 0 Å². The second kappa shape index (κ2) is 11.5. The van der Waals surface area contributed by atoms with Crippen LogP contribution in [0.25, 0.3) is 22.3 Å². The molecule has 0 amide bonds. The molecule has 3 aromatic rings. The minimum atomic E-state index is -1.81. The normalized spacial score (nSPS) is 30.4. The standard InChI is InChI=1S/C26H28O16/c27-6-13(31)23-19(35)21(37)26(41-23)42-24-18(34)16-12(30)4-9(39-25-20(36)17(33)14(32)7-38-25)5-15(16)40-22(24)8-1-2-10(28)11(29)3-8/h1-5,13-14,17,19-21,23,25-33,35-37H,6-7H2/t13-,14-,17+,19-,20-,21-,23-,25+,26+/m1/s1. The number of hydrogen-bond donors (Lipinski definition) is 10. The van der Waals surface area contributed by atoms with Gasteiger partial charge >= 0.3 is 0 Å². The summed E-state index contributed by atoms with van der Waals surface area (Å²) >= 11 is 0. The van der Waals surface area contributed by atoms with E-state index in [-0.39, 0.29) is 23.5 Å². The molecule has 2 aliphatic heterocycles. The molecule has 0 aliphatic carbocycles. The van der Waals surface area contributed by atoms with Crippen LogP contribution < -0.4 is 14.9 Å². The summed E-state index contributed by atoms with van der Waals surface area (Å²) in [6.45, 7) is -1.19. The number of rotatable bonds is 7. The summed E-state index contributed by atoms with van der Waals surface area (Å²) in [5, 5.41) is 99.7. The van der Waals surface area contributed by atoms with E-state index in [9.17, 15) is 55.9 Å². The molecule has 2 aliphatic rings. The Morgan fingerprint density at radius 1 is 0.857 bits per heavy atom. The molecule has 1 aromatic heterocycles. The minimum Gasteiger partial charge on any atom is -0.507 e. The fourth-order valence-electron chi connectivity index (χ4n) is 4.61. The lowest BCUT2D eigenvalue weighted by atomic mass is 10.1. The summed E-state index contributed by atoms with van der Waals surface area (Å²) in [7, 11) is 0. The van der Waals surface area contributed by atoms with Crippen LogP contribution in [0.15, 0.2) is 39.5 Å². The van der Waals surface area contributed by atoms with E-state index in [2.05, 4.69) is 0 Å². The number of phenolic OH excluding ortho intramolecular Hbond substituents is 3. The molecule has 0 radical (unpaired) electrons. The number of aromatic hydroxyl groups is 3. The van der Waals surface area contributed by atoms with Gasteiger partial charge in [0.2, 0.25) is 23.8 Å². The van der Waals surface area contributed by atoms with Crippen LogP contribution in [0.1, 0.15) is 0 Å². The maximum Gasteiger partial charge on any atom is 0.239 e. The molecule has 9 atom stereocenters. The van der Waals surface area contributed by atoms with E-state index in [1.54, 1.807) is 0 Å². The summed E-state index contributed by atoms with van der Waals surface area (Å²) in [5.74, 6) is -3.08. The molecule has 3 heterocycles. The van der Waals surface area contributed by atoms with Crippen LogP contribution in [0.3, 0.4) is 0 Å². The van der Waals surface area contributed by atoms with Crippen LogP contribution in [0, 0.1) is 0 Å². The van der Waals surface area contributed by atoms with Crippen molar-refractivity contribution in [2.24, 2.45) is 0 Å². The average Bonchev–Trinajstić information content (AvgIpc) is 3.24. The van der Waals surface area contributed by atoms with Gasteiger partial charge in [-0.25, -0.2) is 0 Å². The largest absolute Gasteiger partial charge is 0.507 e. The molecule has 0 spiro atoms.